The molecule has 0 saturated heterocycles. The minimum Gasteiger partial charge on any atom is -0.478 e. The number of carbonyl (C=O) groups excluding carboxylic acids is 1. The molecule has 0 aliphatic carbocycles. The van der Waals surface area contributed by atoms with Crippen LogP contribution in [-0.4, -0.2) is 28.6 Å². The zero-order valence-electron chi connectivity index (χ0n) is 11.9. The lowest BCUT2D eigenvalue weighted by atomic mass is 10.1. The molecule has 1 aliphatic heterocycles. The Morgan fingerprint density at radius 1 is 1.23 bits per heavy atom. The smallest absolute Gasteiger partial charge is 0.335 e. The van der Waals surface area contributed by atoms with E-state index >= 15 is 0 Å². The number of aromatic carboxylic acids is 1. The molecule has 1 aliphatic rings. The van der Waals surface area contributed by atoms with Gasteiger partial charge < -0.3 is 15.3 Å². The summed E-state index contributed by atoms with van der Waals surface area (Å²) in [5.74, 6) is -0.948. The van der Waals surface area contributed by atoms with Crippen LogP contribution in [-0.2, 0) is 19.5 Å². The number of carboxylic acid groups (broad SMARTS) is 1. The number of carbonyl (C=O) groups is 2. The molecule has 2 N–H and O–H groups in total. The van der Waals surface area contributed by atoms with Gasteiger partial charge in [-0.2, -0.15) is 0 Å². The third-order valence-corrected chi connectivity index (χ3v) is 4.70. The van der Waals surface area contributed by atoms with Crippen molar-refractivity contribution < 1.29 is 14.7 Å². The maximum atomic E-state index is 12.2. The average molecular weight is 316 g/mol. The molecule has 2 aromatic rings. The molecular formula is C16H16N2O3S. The molecular weight excluding hydrogens is 300 g/mol. The van der Waals surface area contributed by atoms with Crippen molar-refractivity contribution >= 4 is 23.3 Å². The van der Waals surface area contributed by atoms with Gasteiger partial charge in [-0.15, -0.1) is 11.3 Å². The summed E-state index contributed by atoms with van der Waals surface area (Å²) in [5, 5.41) is 13.8. The fraction of sp³-hybridized carbons (Fsp3) is 0.250. The number of fused-ring (bicyclic) bond motifs is 1. The number of nitrogens with one attached hydrogen (secondary N) is 1. The van der Waals surface area contributed by atoms with Crippen molar-refractivity contribution in [1.29, 1.82) is 0 Å². The van der Waals surface area contributed by atoms with Gasteiger partial charge >= 0.3 is 12.0 Å². The number of rotatable bonds is 3. The summed E-state index contributed by atoms with van der Waals surface area (Å²) >= 11 is 1.69. The first-order valence-electron chi connectivity index (χ1n) is 7.04. The van der Waals surface area contributed by atoms with E-state index in [1.807, 2.05) is 4.90 Å². The van der Waals surface area contributed by atoms with Crippen molar-refractivity contribution in [2.45, 2.75) is 19.5 Å². The van der Waals surface area contributed by atoms with E-state index in [9.17, 15) is 9.59 Å². The van der Waals surface area contributed by atoms with Gasteiger partial charge in [-0.1, -0.05) is 12.1 Å². The Hall–Kier alpha value is -2.34. The zero-order valence-corrected chi connectivity index (χ0v) is 12.7. The fourth-order valence-corrected chi connectivity index (χ4v) is 3.41. The van der Waals surface area contributed by atoms with Gasteiger partial charge in [0, 0.05) is 18.0 Å². The van der Waals surface area contributed by atoms with Crippen LogP contribution in [0.1, 0.15) is 26.4 Å². The normalized spacial score (nSPS) is 13.5. The van der Waals surface area contributed by atoms with Crippen LogP contribution >= 0.6 is 11.3 Å². The first-order valence-corrected chi connectivity index (χ1v) is 7.91. The van der Waals surface area contributed by atoms with Crippen LogP contribution in [0.4, 0.5) is 4.79 Å². The highest BCUT2D eigenvalue weighted by Crippen LogP contribution is 2.24. The van der Waals surface area contributed by atoms with Crippen molar-refractivity contribution in [1.82, 2.24) is 10.2 Å². The molecule has 22 heavy (non-hydrogen) atoms. The number of thiophene rings is 1. The largest absolute Gasteiger partial charge is 0.478 e. The van der Waals surface area contributed by atoms with Gasteiger partial charge in [-0.05, 0) is 41.1 Å². The lowest BCUT2D eigenvalue weighted by Gasteiger charge is -2.27. The molecule has 0 fully saturated rings. The van der Waals surface area contributed by atoms with Crippen LogP contribution < -0.4 is 5.32 Å². The number of hydrogen-bond donors (Lipinski definition) is 2. The third kappa shape index (κ3) is 3.12. The van der Waals surface area contributed by atoms with Gasteiger partial charge in [-0.3, -0.25) is 0 Å². The molecule has 2 amide bonds. The van der Waals surface area contributed by atoms with E-state index in [2.05, 4.69) is 16.8 Å². The Bertz CT molecular complexity index is 694. The van der Waals surface area contributed by atoms with Crippen LogP contribution in [0.2, 0.25) is 0 Å². The van der Waals surface area contributed by atoms with Crippen molar-refractivity contribution in [3.63, 3.8) is 0 Å². The van der Waals surface area contributed by atoms with Gasteiger partial charge in [0.15, 0.2) is 0 Å². The summed E-state index contributed by atoms with van der Waals surface area (Å²) in [6, 6.07) is 8.57. The predicted octanol–water partition coefficient (Wildman–Crippen LogP) is 2.71. The first kappa shape index (κ1) is 14.6. The molecule has 0 bridgehead atoms. The van der Waals surface area contributed by atoms with Crippen LogP contribution in [0.3, 0.4) is 0 Å². The van der Waals surface area contributed by atoms with E-state index in [0.29, 0.717) is 13.1 Å². The summed E-state index contributed by atoms with van der Waals surface area (Å²) in [4.78, 5) is 26.1. The van der Waals surface area contributed by atoms with Gasteiger partial charge in [0.25, 0.3) is 0 Å². The Labute approximate surface area is 132 Å². The Morgan fingerprint density at radius 2 is 2.00 bits per heavy atom. The van der Waals surface area contributed by atoms with Crippen LogP contribution in [0.5, 0.6) is 0 Å². The molecule has 2 heterocycles. The van der Waals surface area contributed by atoms with E-state index < -0.39 is 5.97 Å². The minimum absolute atomic E-state index is 0.0821. The van der Waals surface area contributed by atoms with Crippen LogP contribution in [0.25, 0.3) is 0 Å². The van der Waals surface area contributed by atoms with E-state index in [4.69, 9.17) is 5.11 Å². The summed E-state index contributed by atoms with van der Waals surface area (Å²) in [6.07, 6.45) is 0.902. The Morgan fingerprint density at radius 3 is 2.73 bits per heavy atom. The predicted molar refractivity (Wildman–Crippen MR) is 84.1 cm³/mol. The Kier molecular flexibility index (Phi) is 4.11. The molecule has 0 radical (unpaired) electrons. The molecule has 1 aromatic carbocycles. The SMILES string of the molecule is O=C(O)c1ccc(CNC(=O)N2CCc3ccsc3C2)cc1. The van der Waals surface area contributed by atoms with Gasteiger partial charge in [0.2, 0.25) is 0 Å². The lowest BCUT2D eigenvalue weighted by Crippen LogP contribution is -2.42. The molecule has 114 valence electrons. The molecule has 0 saturated carbocycles. The molecule has 0 unspecified atom stereocenters. The summed E-state index contributed by atoms with van der Waals surface area (Å²) in [7, 11) is 0. The lowest BCUT2D eigenvalue weighted by molar-refractivity contribution is 0.0697. The number of urea groups is 1. The number of nitrogens with zero attached hydrogens (tertiary/aromatic N) is 1. The fourth-order valence-electron chi connectivity index (χ4n) is 2.46. The second-order valence-electron chi connectivity index (χ2n) is 5.20. The number of carboxylic acids is 1. The van der Waals surface area contributed by atoms with Crippen molar-refractivity contribution in [2.75, 3.05) is 6.54 Å². The Balaban J connectivity index is 1.55. The number of benzene rings is 1. The second kappa shape index (κ2) is 6.19. The number of hydrogen-bond acceptors (Lipinski definition) is 3. The van der Waals surface area contributed by atoms with Gasteiger partial charge in [0.05, 0.1) is 12.1 Å². The second-order valence-corrected chi connectivity index (χ2v) is 6.20. The monoisotopic (exact) mass is 316 g/mol. The first-order chi connectivity index (χ1) is 10.6. The van der Waals surface area contributed by atoms with Gasteiger partial charge in [0.1, 0.15) is 0 Å². The zero-order chi connectivity index (χ0) is 15.5. The molecule has 1 aromatic heterocycles. The average Bonchev–Trinajstić information content (AvgIpc) is 3.00. The van der Waals surface area contributed by atoms with E-state index in [1.54, 1.807) is 35.6 Å². The molecule has 6 heteroatoms. The third-order valence-electron chi connectivity index (χ3n) is 3.76. The summed E-state index contributed by atoms with van der Waals surface area (Å²) in [5.41, 5.74) is 2.47. The highest BCUT2D eigenvalue weighted by atomic mass is 32.1. The van der Waals surface area contributed by atoms with Crippen molar-refractivity contribution in [3.05, 3.63) is 57.3 Å². The van der Waals surface area contributed by atoms with Crippen LogP contribution in [0.15, 0.2) is 35.7 Å². The highest BCUT2D eigenvalue weighted by Gasteiger charge is 2.21. The molecule has 5 nitrogen and oxygen atoms in total. The van der Waals surface area contributed by atoms with Gasteiger partial charge in [-0.25, -0.2) is 9.59 Å². The van der Waals surface area contributed by atoms with E-state index in [1.165, 1.54) is 10.4 Å². The number of amides is 2. The van der Waals surface area contributed by atoms with E-state index in [0.717, 1.165) is 18.5 Å². The summed E-state index contributed by atoms with van der Waals surface area (Å²) in [6.45, 7) is 1.79. The molecule has 0 atom stereocenters. The van der Waals surface area contributed by atoms with Crippen LogP contribution in [0, 0.1) is 0 Å². The maximum absolute atomic E-state index is 12.2. The maximum Gasteiger partial charge on any atom is 0.335 e. The summed E-state index contributed by atoms with van der Waals surface area (Å²) < 4.78 is 0. The quantitative estimate of drug-likeness (QED) is 0.915. The molecule has 0 spiro atoms. The van der Waals surface area contributed by atoms with Crippen molar-refractivity contribution in [3.8, 4) is 0 Å². The standard InChI is InChI=1S/C16H16N2O3S/c19-15(20)13-3-1-11(2-4-13)9-17-16(21)18-7-5-12-6-8-22-14(12)10-18/h1-4,6,8H,5,7,9-10H2,(H,17,21)(H,19,20). The minimum atomic E-state index is -0.948. The van der Waals surface area contributed by atoms with E-state index in [-0.39, 0.29) is 11.6 Å². The molecule has 3 rings (SSSR count). The highest BCUT2D eigenvalue weighted by molar-refractivity contribution is 7.10. The van der Waals surface area contributed by atoms with Crippen molar-refractivity contribution in [2.24, 2.45) is 0 Å². The topological polar surface area (TPSA) is 69.6 Å².